The summed E-state index contributed by atoms with van der Waals surface area (Å²) in [7, 11) is 0. The fourth-order valence-corrected chi connectivity index (χ4v) is 2.35. The summed E-state index contributed by atoms with van der Waals surface area (Å²) in [4.78, 5) is 4.37. The molecule has 0 spiro atoms. The molecule has 1 rings (SSSR count). The molecule has 0 saturated heterocycles. The molecule has 0 radical (unpaired) electrons. The van der Waals surface area contributed by atoms with Crippen molar-refractivity contribution in [3.05, 3.63) is 11.7 Å². The third kappa shape index (κ3) is 4.32. The van der Waals surface area contributed by atoms with E-state index < -0.39 is 6.10 Å². The first-order valence-corrected chi connectivity index (χ1v) is 7.08. The van der Waals surface area contributed by atoms with Crippen molar-refractivity contribution in [1.29, 1.82) is 0 Å². The van der Waals surface area contributed by atoms with E-state index in [2.05, 4.69) is 24.0 Å². The van der Waals surface area contributed by atoms with Crippen LogP contribution in [-0.4, -0.2) is 26.6 Å². The summed E-state index contributed by atoms with van der Waals surface area (Å²) in [5.74, 6) is 2.21. The van der Waals surface area contributed by atoms with Crippen molar-refractivity contribution >= 4 is 11.8 Å². The second-order valence-corrected chi connectivity index (χ2v) is 6.48. The van der Waals surface area contributed by atoms with E-state index in [1.807, 2.05) is 13.8 Å². The highest BCUT2D eigenvalue weighted by Gasteiger charge is 2.27. The first-order valence-electron chi connectivity index (χ1n) is 6.04. The maximum Gasteiger partial charge on any atom is 0.232 e. The van der Waals surface area contributed by atoms with Crippen LogP contribution in [0.25, 0.3) is 0 Å². The molecule has 0 aromatic carbocycles. The molecule has 0 bridgehead atoms. The second kappa shape index (κ2) is 6.40. The number of aromatic nitrogens is 2. The van der Waals surface area contributed by atoms with Crippen molar-refractivity contribution in [2.45, 2.75) is 57.6 Å². The standard InChI is InChI=1S/C12H22N2O2S/c1-7(2)11(9(5)15)12-13-10(14-16-12)6-17-8(3)4/h7-9,11,15H,6H2,1-5H3. The lowest BCUT2D eigenvalue weighted by molar-refractivity contribution is 0.120. The van der Waals surface area contributed by atoms with Gasteiger partial charge in [0.25, 0.3) is 0 Å². The molecule has 1 aromatic rings. The fourth-order valence-electron chi connectivity index (χ4n) is 1.75. The third-order valence-corrected chi connectivity index (χ3v) is 3.64. The van der Waals surface area contributed by atoms with Crippen molar-refractivity contribution in [3.63, 3.8) is 0 Å². The molecule has 2 unspecified atom stereocenters. The van der Waals surface area contributed by atoms with Gasteiger partial charge in [0.2, 0.25) is 5.89 Å². The Bertz CT molecular complexity index is 329. The summed E-state index contributed by atoms with van der Waals surface area (Å²) < 4.78 is 5.25. The van der Waals surface area contributed by atoms with Gasteiger partial charge < -0.3 is 9.63 Å². The third-order valence-electron chi connectivity index (χ3n) is 2.55. The quantitative estimate of drug-likeness (QED) is 0.850. The first-order chi connectivity index (χ1) is 7.91. The molecule has 0 aliphatic heterocycles. The molecular weight excluding hydrogens is 236 g/mol. The molecule has 5 heteroatoms. The molecule has 17 heavy (non-hydrogen) atoms. The van der Waals surface area contributed by atoms with Gasteiger partial charge in [-0.3, -0.25) is 0 Å². The van der Waals surface area contributed by atoms with Gasteiger partial charge in [0, 0.05) is 0 Å². The minimum absolute atomic E-state index is 0.0831. The van der Waals surface area contributed by atoms with E-state index in [4.69, 9.17) is 4.52 Å². The minimum atomic E-state index is -0.471. The number of hydrogen-bond acceptors (Lipinski definition) is 5. The second-order valence-electron chi connectivity index (χ2n) is 4.92. The van der Waals surface area contributed by atoms with Crippen LogP contribution < -0.4 is 0 Å². The van der Waals surface area contributed by atoms with Crippen LogP contribution in [0.3, 0.4) is 0 Å². The number of nitrogens with zero attached hydrogens (tertiary/aromatic N) is 2. The Morgan fingerprint density at radius 1 is 1.24 bits per heavy atom. The van der Waals surface area contributed by atoms with E-state index in [-0.39, 0.29) is 11.8 Å². The predicted molar refractivity (Wildman–Crippen MR) is 70.0 cm³/mol. The van der Waals surface area contributed by atoms with E-state index in [1.54, 1.807) is 18.7 Å². The molecule has 1 N–H and O–H groups in total. The average Bonchev–Trinajstić information content (AvgIpc) is 2.62. The first kappa shape index (κ1) is 14.5. The summed E-state index contributed by atoms with van der Waals surface area (Å²) in [5, 5.41) is 14.2. The molecule has 98 valence electrons. The van der Waals surface area contributed by atoms with Gasteiger partial charge in [0.05, 0.1) is 17.8 Å². The number of aliphatic hydroxyl groups is 1. The Kier molecular flexibility index (Phi) is 5.46. The van der Waals surface area contributed by atoms with E-state index in [0.29, 0.717) is 17.0 Å². The van der Waals surface area contributed by atoms with E-state index in [0.717, 1.165) is 5.75 Å². The molecular formula is C12H22N2O2S. The average molecular weight is 258 g/mol. The Labute approximate surface area is 107 Å². The molecule has 0 aliphatic carbocycles. The van der Waals surface area contributed by atoms with Crippen molar-refractivity contribution in [2.75, 3.05) is 0 Å². The van der Waals surface area contributed by atoms with Crippen LogP contribution in [0.15, 0.2) is 4.52 Å². The summed E-state index contributed by atoms with van der Waals surface area (Å²) in [6.07, 6.45) is -0.471. The minimum Gasteiger partial charge on any atom is -0.393 e. The molecule has 0 aliphatic rings. The lowest BCUT2D eigenvalue weighted by Crippen LogP contribution is -2.20. The molecule has 1 aromatic heterocycles. The Hall–Kier alpha value is -0.550. The van der Waals surface area contributed by atoms with Crippen molar-refractivity contribution < 1.29 is 9.63 Å². The summed E-state index contributed by atoms with van der Waals surface area (Å²) in [5.41, 5.74) is 0. The zero-order chi connectivity index (χ0) is 13.0. The topological polar surface area (TPSA) is 59.2 Å². The van der Waals surface area contributed by atoms with Gasteiger partial charge in [-0.25, -0.2) is 0 Å². The summed E-state index contributed by atoms with van der Waals surface area (Å²) in [6, 6.07) is 0. The molecule has 0 amide bonds. The van der Waals surface area contributed by atoms with Crippen molar-refractivity contribution in [3.8, 4) is 0 Å². The van der Waals surface area contributed by atoms with Crippen LogP contribution >= 0.6 is 11.8 Å². The van der Waals surface area contributed by atoms with Gasteiger partial charge in [0.15, 0.2) is 5.82 Å². The monoisotopic (exact) mass is 258 g/mol. The van der Waals surface area contributed by atoms with Crippen LogP contribution in [0.5, 0.6) is 0 Å². The van der Waals surface area contributed by atoms with Crippen molar-refractivity contribution in [1.82, 2.24) is 10.1 Å². The molecule has 4 nitrogen and oxygen atoms in total. The maximum atomic E-state index is 9.73. The normalized spacial score (nSPS) is 15.5. The highest BCUT2D eigenvalue weighted by Crippen LogP contribution is 2.27. The van der Waals surface area contributed by atoms with Gasteiger partial charge in [-0.2, -0.15) is 16.7 Å². The zero-order valence-corrected chi connectivity index (χ0v) is 12.0. The number of rotatable bonds is 6. The molecule has 0 fully saturated rings. The van der Waals surface area contributed by atoms with Crippen molar-refractivity contribution in [2.24, 2.45) is 5.92 Å². The van der Waals surface area contributed by atoms with Crippen LogP contribution in [-0.2, 0) is 5.75 Å². The molecule has 1 heterocycles. The Balaban J connectivity index is 2.71. The van der Waals surface area contributed by atoms with Gasteiger partial charge in [-0.15, -0.1) is 0 Å². The van der Waals surface area contributed by atoms with Crippen LogP contribution in [0.4, 0.5) is 0 Å². The number of aliphatic hydroxyl groups excluding tert-OH is 1. The smallest absolute Gasteiger partial charge is 0.232 e. The molecule has 0 saturated carbocycles. The zero-order valence-electron chi connectivity index (χ0n) is 11.2. The molecule has 2 atom stereocenters. The number of hydrogen-bond donors (Lipinski definition) is 1. The summed E-state index contributed by atoms with van der Waals surface area (Å²) in [6.45, 7) is 10.1. The van der Waals surface area contributed by atoms with Gasteiger partial charge >= 0.3 is 0 Å². The van der Waals surface area contributed by atoms with E-state index in [1.165, 1.54) is 0 Å². The van der Waals surface area contributed by atoms with E-state index >= 15 is 0 Å². The largest absolute Gasteiger partial charge is 0.393 e. The SMILES string of the molecule is CC(C)SCc1noc(C(C(C)C)C(C)O)n1. The Morgan fingerprint density at radius 3 is 2.35 bits per heavy atom. The van der Waals surface area contributed by atoms with Crippen LogP contribution in [0.1, 0.15) is 52.3 Å². The fraction of sp³-hybridized carbons (Fsp3) is 0.833. The predicted octanol–water partition coefficient (Wildman–Crippen LogP) is 2.83. The Morgan fingerprint density at radius 2 is 1.88 bits per heavy atom. The lowest BCUT2D eigenvalue weighted by Gasteiger charge is -2.19. The number of thioether (sulfide) groups is 1. The van der Waals surface area contributed by atoms with Crippen LogP contribution in [0, 0.1) is 5.92 Å². The summed E-state index contributed by atoms with van der Waals surface area (Å²) >= 11 is 1.78. The highest BCUT2D eigenvalue weighted by atomic mass is 32.2. The van der Waals surface area contributed by atoms with Crippen LogP contribution in [0.2, 0.25) is 0 Å². The van der Waals surface area contributed by atoms with Gasteiger partial charge in [-0.05, 0) is 18.1 Å². The van der Waals surface area contributed by atoms with Gasteiger partial charge in [-0.1, -0.05) is 32.9 Å². The highest BCUT2D eigenvalue weighted by molar-refractivity contribution is 7.99. The maximum absolute atomic E-state index is 9.73. The van der Waals surface area contributed by atoms with E-state index in [9.17, 15) is 5.11 Å². The lowest BCUT2D eigenvalue weighted by atomic mass is 9.91. The van der Waals surface area contributed by atoms with Gasteiger partial charge in [0.1, 0.15) is 0 Å².